The smallest absolute Gasteiger partial charge is 0.243 e. The number of anilines is 1. The maximum Gasteiger partial charge on any atom is 0.243 e. The Hall–Kier alpha value is -3.29. The zero-order valence-electron chi connectivity index (χ0n) is 17.8. The van der Waals surface area contributed by atoms with E-state index < -0.39 is 10.0 Å². The molecule has 0 bridgehead atoms. The number of benzene rings is 3. The summed E-state index contributed by atoms with van der Waals surface area (Å²) in [6.07, 6.45) is 0. The Balaban J connectivity index is 1.45. The Kier molecular flexibility index (Phi) is 5.36. The van der Waals surface area contributed by atoms with Crippen LogP contribution in [0.2, 0.25) is 0 Å². The summed E-state index contributed by atoms with van der Waals surface area (Å²) in [5.41, 5.74) is 4.53. The Morgan fingerprint density at radius 3 is 1.97 bits per heavy atom. The van der Waals surface area contributed by atoms with Crippen LogP contribution in [0.4, 0.5) is 5.82 Å². The third kappa shape index (κ3) is 3.85. The van der Waals surface area contributed by atoms with Crippen molar-refractivity contribution in [1.29, 1.82) is 0 Å². The van der Waals surface area contributed by atoms with E-state index in [4.69, 9.17) is 9.97 Å². The molecule has 0 spiro atoms. The van der Waals surface area contributed by atoms with Gasteiger partial charge in [0.15, 0.2) is 5.82 Å². The lowest BCUT2D eigenvalue weighted by molar-refractivity contribution is 0.384. The molecule has 0 radical (unpaired) electrons. The van der Waals surface area contributed by atoms with Crippen LogP contribution in [-0.4, -0.2) is 48.9 Å². The molecule has 5 rings (SSSR count). The van der Waals surface area contributed by atoms with E-state index >= 15 is 0 Å². The van der Waals surface area contributed by atoms with Gasteiger partial charge in [-0.2, -0.15) is 4.31 Å². The molecule has 1 saturated heterocycles. The molecule has 0 amide bonds. The van der Waals surface area contributed by atoms with Crippen LogP contribution in [0.3, 0.4) is 0 Å². The van der Waals surface area contributed by atoms with Gasteiger partial charge in [0.1, 0.15) is 5.69 Å². The Bertz CT molecular complexity index is 1350. The number of hydrogen-bond acceptors (Lipinski definition) is 5. The zero-order chi connectivity index (χ0) is 22.1. The van der Waals surface area contributed by atoms with Crippen LogP contribution in [0.1, 0.15) is 5.56 Å². The van der Waals surface area contributed by atoms with Crippen LogP contribution in [0.25, 0.3) is 22.3 Å². The van der Waals surface area contributed by atoms with E-state index in [1.807, 2.05) is 73.7 Å². The van der Waals surface area contributed by atoms with Crippen LogP contribution in [-0.2, 0) is 10.0 Å². The van der Waals surface area contributed by atoms with E-state index in [0.717, 1.165) is 33.7 Å². The number of nitrogens with zero attached hydrogens (tertiary/aromatic N) is 4. The lowest BCUT2D eigenvalue weighted by Gasteiger charge is -2.35. The number of aromatic nitrogens is 2. The summed E-state index contributed by atoms with van der Waals surface area (Å²) in [5.74, 6) is 0.794. The van der Waals surface area contributed by atoms with Crippen molar-refractivity contribution >= 4 is 26.9 Å². The highest BCUT2D eigenvalue weighted by molar-refractivity contribution is 7.89. The van der Waals surface area contributed by atoms with Crippen molar-refractivity contribution in [1.82, 2.24) is 14.3 Å². The largest absolute Gasteiger partial charge is 0.352 e. The molecule has 1 aliphatic heterocycles. The molecule has 7 heteroatoms. The van der Waals surface area contributed by atoms with Gasteiger partial charge in [-0.1, -0.05) is 60.2 Å². The molecule has 1 aliphatic rings. The maximum absolute atomic E-state index is 13.1. The normalized spacial score (nSPS) is 15.2. The third-order valence-electron chi connectivity index (χ3n) is 5.80. The second-order valence-electron chi connectivity index (χ2n) is 7.95. The molecule has 0 saturated carbocycles. The van der Waals surface area contributed by atoms with Crippen LogP contribution in [0.15, 0.2) is 83.8 Å². The van der Waals surface area contributed by atoms with Crippen molar-refractivity contribution in [3.05, 3.63) is 84.4 Å². The van der Waals surface area contributed by atoms with Crippen molar-refractivity contribution in [2.75, 3.05) is 31.1 Å². The van der Waals surface area contributed by atoms with Crippen molar-refractivity contribution in [2.24, 2.45) is 0 Å². The molecule has 0 N–H and O–H groups in total. The summed E-state index contributed by atoms with van der Waals surface area (Å²) in [7, 11) is -3.51. The summed E-state index contributed by atoms with van der Waals surface area (Å²) < 4.78 is 27.7. The predicted octanol–water partition coefficient (Wildman–Crippen LogP) is 4.12. The number of aryl methyl sites for hydroxylation is 1. The fourth-order valence-corrected chi connectivity index (χ4v) is 5.42. The van der Waals surface area contributed by atoms with Crippen LogP contribution >= 0.6 is 0 Å². The third-order valence-corrected chi connectivity index (χ3v) is 7.71. The van der Waals surface area contributed by atoms with Crippen LogP contribution < -0.4 is 4.90 Å². The fourth-order valence-electron chi connectivity index (χ4n) is 4.00. The number of piperazine rings is 1. The first kappa shape index (κ1) is 20.6. The number of sulfonamides is 1. The van der Waals surface area contributed by atoms with Gasteiger partial charge in [0.2, 0.25) is 10.0 Å². The summed E-state index contributed by atoms with van der Waals surface area (Å²) >= 11 is 0. The highest BCUT2D eigenvalue weighted by atomic mass is 32.2. The lowest BCUT2D eigenvalue weighted by atomic mass is 10.1. The monoisotopic (exact) mass is 444 g/mol. The number of para-hydroxylation sites is 2. The zero-order valence-corrected chi connectivity index (χ0v) is 18.7. The first-order valence-electron chi connectivity index (χ1n) is 10.7. The molecule has 1 fully saturated rings. The van der Waals surface area contributed by atoms with Crippen molar-refractivity contribution in [3.8, 4) is 11.3 Å². The Morgan fingerprint density at radius 1 is 0.719 bits per heavy atom. The van der Waals surface area contributed by atoms with Gasteiger partial charge in [0.05, 0.1) is 15.9 Å². The van der Waals surface area contributed by atoms with Gasteiger partial charge in [0.25, 0.3) is 0 Å². The second-order valence-corrected chi connectivity index (χ2v) is 9.89. The molecule has 32 heavy (non-hydrogen) atoms. The average Bonchev–Trinajstić information content (AvgIpc) is 2.84. The fraction of sp³-hybridized carbons (Fsp3) is 0.200. The van der Waals surface area contributed by atoms with E-state index in [0.29, 0.717) is 31.1 Å². The van der Waals surface area contributed by atoms with Crippen molar-refractivity contribution < 1.29 is 8.42 Å². The predicted molar refractivity (Wildman–Crippen MR) is 127 cm³/mol. The first-order valence-corrected chi connectivity index (χ1v) is 12.1. The molecular weight excluding hydrogens is 420 g/mol. The van der Waals surface area contributed by atoms with Crippen LogP contribution in [0.5, 0.6) is 0 Å². The van der Waals surface area contributed by atoms with Gasteiger partial charge >= 0.3 is 0 Å². The molecular formula is C25H24N4O2S. The Morgan fingerprint density at radius 2 is 1.31 bits per heavy atom. The minimum atomic E-state index is -3.51. The molecule has 0 aliphatic carbocycles. The molecule has 6 nitrogen and oxygen atoms in total. The molecule has 162 valence electrons. The standard InChI is InChI=1S/C25H24N4O2S/c1-19-11-13-21(14-12-19)32(30,31)29-17-15-28(16-18-29)25-24(20-7-3-2-4-8-20)26-22-9-5-6-10-23(22)27-25/h2-14H,15-18H2,1H3. The van der Waals surface area contributed by atoms with Gasteiger partial charge in [-0.05, 0) is 31.2 Å². The molecule has 2 heterocycles. The summed E-state index contributed by atoms with van der Waals surface area (Å²) in [5, 5.41) is 0. The van der Waals surface area contributed by atoms with E-state index in [1.165, 1.54) is 0 Å². The molecule has 0 atom stereocenters. The van der Waals surface area contributed by atoms with Crippen molar-refractivity contribution in [2.45, 2.75) is 11.8 Å². The Labute approximate surface area is 188 Å². The van der Waals surface area contributed by atoms with Crippen LogP contribution in [0, 0.1) is 6.92 Å². The second kappa shape index (κ2) is 8.33. The maximum atomic E-state index is 13.1. The van der Waals surface area contributed by atoms with E-state index in [2.05, 4.69) is 4.90 Å². The van der Waals surface area contributed by atoms with E-state index in [9.17, 15) is 8.42 Å². The molecule has 3 aromatic carbocycles. The number of fused-ring (bicyclic) bond motifs is 1. The summed E-state index contributed by atoms with van der Waals surface area (Å²) in [6, 6.07) is 24.9. The molecule has 1 aromatic heterocycles. The highest BCUT2D eigenvalue weighted by Crippen LogP contribution is 2.31. The first-order chi connectivity index (χ1) is 15.5. The number of rotatable bonds is 4. The molecule has 0 unspecified atom stereocenters. The van der Waals surface area contributed by atoms with Gasteiger partial charge in [0, 0.05) is 31.7 Å². The van der Waals surface area contributed by atoms with Crippen molar-refractivity contribution in [3.63, 3.8) is 0 Å². The number of hydrogen-bond donors (Lipinski definition) is 0. The quantitative estimate of drug-likeness (QED) is 0.474. The lowest BCUT2D eigenvalue weighted by Crippen LogP contribution is -2.49. The van der Waals surface area contributed by atoms with E-state index in [1.54, 1.807) is 16.4 Å². The SMILES string of the molecule is Cc1ccc(S(=O)(=O)N2CCN(c3nc4ccccc4nc3-c3ccccc3)CC2)cc1. The summed E-state index contributed by atoms with van der Waals surface area (Å²) in [4.78, 5) is 12.3. The van der Waals surface area contributed by atoms with E-state index in [-0.39, 0.29) is 0 Å². The molecule has 4 aromatic rings. The van der Waals surface area contributed by atoms with Gasteiger partial charge in [-0.15, -0.1) is 0 Å². The van der Waals surface area contributed by atoms with Gasteiger partial charge < -0.3 is 4.90 Å². The van der Waals surface area contributed by atoms with Gasteiger partial charge in [-0.25, -0.2) is 18.4 Å². The minimum Gasteiger partial charge on any atom is -0.352 e. The van der Waals surface area contributed by atoms with Gasteiger partial charge in [-0.3, -0.25) is 0 Å². The average molecular weight is 445 g/mol. The summed E-state index contributed by atoms with van der Waals surface area (Å²) in [6.45, 7) is 3.86. The minimum absolute atomic E-state index is 0.340. The highest BCUT2D eigenvalue weighted by Gasteiger charge is 2.30. The topological polar surface area (TPSA) is 66.4 Å².